The summed E-state index contributed by atoms with van der Waals surface area (Å²) < 4.78 is 0. The quantitative estimate of drug-likeness (QED) is 0.753. The zero-order valence-corrected chi connectivity index (χ0v) is 14.0. The summed E-state index contributed by atoms with van der Waals surface area (Å²) in [6.07, 6.45) is 0. The van der Waals surface area contributed by atoms with Crippen molar-refractivity contribution < 1.29 is 0 Å². The Morgan fingerprint density at radius 1 is 1.25 bits per heavy atom. The van der Waals surface area contributed by atoms with Crippen LogP contribution in [0.1, 0.15) is 26.5 Å². The van der Waals surface area contributed by atoms with Crippen LogP contribution in [0.2, 0.25) is 0 Å². The number of benzene rings is 1. The maximum absolute atomic E-state index is 4.70. The largest absolute Gasteiger partial charge is 0.311 e. The maximum atomic E-state index is 4.70. The van der Waals surface area contributed by atoms with Gasteiger partial charge < -0.3 is 5.32 Å². The predicted octanol–water partition coefficient (Wildman–Crippen LogP) is 4.67. The van der Waals surface area contributed by atoms with Crippen molar-refractivity contribution in [2.75, 3.05) is 12.3 Å². The Hall–Kier alpha value is -0.840. The van der Waals surface area contributed by atoms with Gasteiger partial charge in [-0.25, -0.2) is 4.98 Å². The average molecular weight is 306 g/mol. The van der Waals surface area contributed by atoms with Crippen LogP contribution in [0.15, 0.2) is 34.5 Å². The van der Waals surface area contributed by atoms with E-state index in [0.717, 1.165) is 29.5 Å². The number of nitrogens with zero attached hydrogens (tertiary/aromatic N) is 1. The highest BCUT2D eigenvalue weighted by Gasteiger charge is 2.05. The van der Waals surface area contributed by atoms with Crippen molar-refractivity contribution in [3.8, 4) is 10.6 Å². The van der Waals surface area contributed by atoms with Gasteiger partial charge in [-0.3, -0.25) is 0 Å². The number of rotatable bonds is 7. The van der Waals surface area contributed by atoms with E-state index < -0.39 is 0 Å². The molecule has 108 valence electrons. The predicted molar refractivity (Wildman–Crippen MR) is 90.5 cm³/mol. The number of thiazole rings is 1. The first-order valence-electron chi connectivity index (χ1n) is 7.07. The Balaban J connectivity index is 1.97. The van der Waals surface area contributed by atoms with Crippen LogP contribution in [0, 0.1) is 5.92 Å². The summed E-state index contributed by atoms with van der Waals surface area (Å²) in [6.45, 7) is 8.51. The number of hydrogen-bond donors (Lipinski definition) is 1. The third-order valence-electron chi connectivity index (χ3n) is 2.82. The SMILES string of the molecule is CCSc1ccc(-c2nc(CNCC(C)C)cs2)cc1. The molecule has 1 aromatic carbocycles. The highest BCUT2D eigenvalue weighted by Crippen LogP contribution is 2.26. The van der Waals surface area contributed by atoms with Gasteiger partial charge >= 0.3 is 0 Å². The summed E-state index contributed by atoms with van der Waals surface area (Å²) in [6, 6.07) is 8.70. The van der Waals surface area contributed by atoms with Gasteiger partial charge in [0.2, 0.25) is 0 Å². The molecule has 0 unspecified atom stereocenters. The van der Waals surface area contributed by atoms with Crippen molar-refractivity contribution in [2.24, 2.45) is 5.92 Å². The lowest BCUT2D eigenvalue weighted by Gasteiger charge is -2.04. The van der Waals surface area contributed by atoms with Crippen molar-refractivity contribution in [1.82, 2.24) is 10.3 Å². The van der Waals surface area contributed by atoms with Gasteiger partial charge in [-0.05, 0) is 30.3 Å². The number of hydrogen-bond acceptors (Lipinski definition) is 4. The van der Waals surface area contributed by atoms with Gasteiger partial charge in [0, 0.05) is 22.4 Å². The second-order valence-electron chi connectivity index (χ2n) is 5.13. The minimum Gasteiger partial charge on any atom is -0.311 e. The minimum atomic E-state index is 0.678. The molecule has 1 N–H and O–H groups in total. The standard InChI is InChI=1S/C16H22N2S2/c1-4-19-15-7-5-13(6-8-15)16-18-14(11-20-16)10-17-9-12(2)3/h5-8,11-12,17H,4,9-10H2,1-3H3. The summed E-state index contributed by atoms with van der Waals surface area (Å²) in [5, 5.41) is 6.69. The molecule has 2 nitrogen and oxygen atoms in total. The van der Waals surface area contributed by atoms with Crippen LogP contribution in [0.5, 0.6) is 0 Å². The maximum Gasteiger partial charge on any atom is 0.123 e. The Morgan fingerprint density at radius 3 is 2.65 bits per heavy atom. The van der Waals surface area contributed by atoms with Crippen molar-refractivity contribution in [2.45, 2.75) is 32.2 Å². The van der Waals surface area contributed by atoms with Gasteiger partial charge in [0.1, 0.15) is 5.01 Å². The van der Waals surface area contributed by atoms with E-state index in [4.69, 9.17) is 4.98 Å². The van der Waals surface area contributed by atoms with Crippen molar-refractivity contribution in [3.05, 3.63) is 35.3 Å². The van der Waals surface area contributed by atoms with Crippen LogP contribution in [-0.4, -0.2) is 17.3 Å². The van der Waals surface area contributed by atoms with Crippen LogP contribution in [0.4, 0.5) is 0 Å². The smallest absolute Gasteiger partial charge is 0.123 e. The first kappa shape index (κ1) is 15.5. The normalized spacial score (nSPS) is 11.2. The number of nitrogens with one attached hydrogen (secondary N) is 1. The molecule has 4 heteroatoms. The molecule has 2 aromatic rings. The topological polar surface area (TPSA) is 24.9 Å². The number of aromatic nitrogens is 1. The van der Waals surface area contributed by atoms with Crippen LogP contribution >= 0.6 is 23.1 Å². The van der Waals surface area contributed by atoms with Gasteiger partial charge in [0.05, 0.1) is 5.69 Å². The lowest BCUT2D eigenvalue weighted by Crippen LogP contribution is -2.19. The Morgan fingerprint density at radius 2 is 2.00 bits per heavy atom. The zero-order chi connectivity index (χ0) is 14.4. The van der Waals surface area contributed by atoms with Gasteiger partial charge in [-0.1, -0.05) is 32.9 Å². The van der Waals surface area contributed by atoms with E-state index in [1.807, 2.05) is 11.8 Å². The Kier molecular flexibility index (Phi) is 6.07. The van der Waals surface area contributed by atoms with E-state index >= 15 is 0 Å². The van der Waals surface area contributed by atoms with Crippen LogP contribution in [0.3, 0.4) is 0 Å². The molecular weight excluding hydrogens is 284 g/mol. The fraction of sp³-hybridized carbons (Fsp3) is 0.438. The third kappa shape index (κ3) is 4.62. The Bertz CT molecular complexity index is 518. The van der Waals surface area contributed by atoms with Crippen molar-refractivity contribution in [1.29, 1.82) is 0 Å². The summed E-state index contributed by atoms with van der Waals surface area (Å²) in [5.74, 6) is 1.79. The van der Waals surface area contributed by atoms with Gasteiger partial charge in [-0.2, -0.15) is 0 Å². The molecule has 0 aliphatic heterocycles. The van der Waals surface area contributed by atoms with E-state index in [1.165, 1.54) is 10.5 Å². The van der Waals surface area contributed by atoms with Gasteiger partial charge in [0.15, 0.2) is 0 Å². The molecule has 0 aliphatic carbocycles. The molecule has 0 aliphatic rings. The Labute approximate surface area is 130 Å². The van der Waals surface area contributed by atoms with E-state index in [0.29, 0.717) is 5.92 Å². The van der Waals surface area contributed by atoms with Crippen LogP contribution in [-0.2, 0) is 6.54 Å². The number of thioether (sulfide) groups is 1. The molecule has 0 amide bonds. The molecule has 0 saturated carbocycles. The summed E-state index contributed by atoms with van der Waals surface area (Å²) in [5.41, 5.74) is 2.35. The van der Waals surface area contributed by atoms with E-state index in [-0.39, 0.29) is 0 Å². The fourth-order valence-corrected chi connectivity index (χ4v) is 3.36. The zero-order valence-electron chi connectivity index (χ0n) is 12.3. The van der Waals surface area contributed by atoms with Gasteiger partial charge in [0.25, 0.3) is 0 Å². The molecule has 2 rings (SSSR count). The second kappa shape index (κ2) is 7.81. The van der Waals surface area contributed by atoms with Crippen LogP contribution < -0.4 is 5.32 Å². The highest BCUT2D eigenvalue weighted by molar-refractivity contribution is 7.99. The molecule has 0 radical (unpaired) electrons. The second-order valence-corrected chi connectivity index (χ2v) is 7.32. The first-order chi connectivity index (χ1) is 9.69. The van der Waals surface area contributed by atoms with Crippen molar-refractivity contribution >= 4 is 23.1 Å². The van der Waals surface area contributed by atoms with E-state index in [1.54, 1.807) is 11.3 Å². The molecule has 0 fully saturated rings. The highest BCUT2D eigenvalue weighted by atomic mass is 32.2. The summed E-state index contributed by atoms with van der Waals surface area (Å²) >= 11 is 3.59. The monoisotopic (exact) mass is 306 g/mol. The first-order valence-corrected chi connectivity index (χ1v) is 8.94. The minimum absolute atomic E-state index is 0.678. The molecule has 0 spiro atoms. The molecular formula is C16H22N2S2. The van der Waals surface area contributed by atoms with E-state index in [2.05, 4.69) is 55.7 Å². The van der Waals surface area contributed by atoms with Crippen molar-refractivity contribution in [3.63, 3.8) is 0 Å². The van der Waals surface area contributed by atoms with Crippen LogP contribution in [0.25, 0.3) is 10.6 Å². The summed E-state index contributed by atoms with van der Waals surface area (Å²) in [7, 11) is 0. The molecule has 0 saturated heterocycles. The molecule has 1 aromatic heterocycles. The van der Waals surface area contributed by atoms with E-state index in [9.17, 15) is 0 Å². The third-order valence-corrected chi connectivity index (χ3v) is 4.66. The van der Waals surface area contributed by atoms with Gasteiger partial charge in [-0.15, -0.1) is 23.1 Å². The fourth-order valence-electron chi connectivity index (χ4n) is 1.87. The molecule has 0 atom stereocenters. The molecule has 20 heavy (non-hydrogen) atoms. The lowest BCUT2D eigenvalue weighted by molar-refractivity contribution is 0.549. The lowest BCUT2D eigenvalue weighted by atomic mass is 10.2. The molecule has 1 heterocycles. The average Bonchev–Trinajstić information content (AvgIpc) is 2.88. The summed E-state index contributed by atoms with van der Waals surface area (Å²) in [4.78, 5) is 6.03. The molecule has 0 bridgehead atoms.